The summed E-state index contributed by atoms with van der Waals surface area (Å²) in [7, 11) is 0. The summed E-state index contributed by atoms with van der Waals surface area (Å²) in [6.45, 7) is 4.60. The Hall–Kier alpha value is 0.240. The SMILES string of the molecule is CC1SC(C)N2C=CCC2S1. The van der Waals surface area contributed by atoms with Crippen LogP contribution in [0.3, 0.4) is 0 Å². The fourth-order valence-corrected chi connectivity index (χ4v) is 4.77. The summed E-state index contributed by atoms with van der Waals surface area (Å²) in [4.78, 5) is 2.47. The molecule has 2 heterocycles. The maximum absolute atomic E-state index is 2.47. The number of thioether (sulfide) groups is 2. The van der Waals surface area contributed by atoms with Gasteiger partial charge in [0.25, 0.3) is 0 Å². The predicted octanol–water partition coefficient (Wildman–Crippen LogP) is 2.70. The van der Waals surface area contributed by atoms with Crippen LogP contribution in [0.4, 0.5) is 0 Å². The largest absolute Gasteiger partial charge is 0.354 e. The molecule has 0 aliphatic carbocycles. The first-order valence-electron chi connectivity index (χ1n) is 4.02. The molecule has 1 nitrogen and oxygen atoms in total. The van der Waals surface area contributed by atoms with E-state index in [-0.39, 0.29) is 0 Å². The molecule has 11 heavy (non-hydrogen) atoms. The van der Waals surface area contributed by atoms with Crippen molar-refractivity contribution in [2.24, 2.45) is 0 Å². The van der Waals surface area contributed by atoms with Crippen molar-refractivity contribution in [2.45, 2.75) is 35.6 Å². The van der Waals surface area contributed by atoms with E-state index >= 15 is 0 Å². The third kappa shape index (κ3) is 1.41. The Bertz CT molecular complexity index is 181. The second kappa shape index (κ2) is 2.94. The highest BCUT2D eigenvalue weighted by atomic mass is 32.2. The van der Waals surface area contributed by atoms with Crippen molar-refractivity contribution in [3.8, 4) is 0 Å². The molecule has 2 aliphatic heterocycles. The number of fused-ring (bicyclic) bond motifs is 1. The van der Waals surface area contributed by atoms with E-state index in [2.05, 4.69) is 54.5 Å². The predicted molar refractivity (Wildman–Crippen MR) is 53.5 cm³/mol. The molecule has 0 aromatic carbocycles. The molecule has 1 fully saturated rings. The summed E-state index contributed by atoms with van der Waals surface area (Å²) in [5, 5.41) is 1.41. The van der Waals surface area contributed by atoms with Crippen molar-refractivity contribution in [3.63, 3.8) is 0 Å². The first-order valence-corrected chi connectivity index (χ1v) is 5.91. The Kier molecular flexibility index (Phi) is 2.10. The second-order valence-corrected chi connectivity index (χ2v) is 6.44. The van der Waals surface area contributed by atoms with Gasteiger partial charge >= 0.3 is 0 Å². The van der Waals surface area contributed by atoms with Crippen molar-refractivity contribution in [1.82, 2.24) is 4.90 Å². The van der Waals surface area contributed by atoms with E-state index in [1.807, 2.05) is 0 Å². The van der Waals surface area contributed by atoms with Crippen LogP contribution in [-0.4, -0.2) is 20.2 Å². The van der Waals surface area contributed by atoms with Gasteiger partial charge in [-0.1, -0.05) is 6.08 Å². The lowest BCUT2D eigenvalue weighted by molar-refractivity contribution is 0.368. The minimum absolute atomic E-state index is 0.676. The van der Waals surface area contributed by atoms with Crippen LogP contribution in [-0.2, 0) is 0 Å². The Morgan fingerprint density at radius 2 is 2.18 bits per heavy atom. The fraction of sp³-hybridized carbons (Fsp3) is 0.750. The van der Waals surface area contributed by atoms with Crippen molar-refractivity contribution >= 4 is 23.5 Å². The highest BCUT2D eigenvalue weighted by Crippen LogP contribution is 2.43. The normalized spacial score (nSPS) is 42.7. The fourth-order valence-electron chi connectivity index (χ4n) is 1.60. The first kappa shape index (κ1) is 7.87. The average molecular weight is 187 g/mol. The Balaban J connectivity index is 2.08. The summed E-state index contributed by atoms with van der Waals surface area (Å²) < 4.78 is 0.770. The smallest absolute Gasteiger partial charge is 0.0802 e. The third-order valence-electron chi connectivity index (χ3n) is 2.10. The third-order valence-corrected chi connectivity index (χ3v) is 4.93. The molecule has 0 radical (unpaired) electrons. The number of rotatable bonds is 0. The van der Waals surface area contributed by atoms with Gasteiger partial charge in [0.15, 0.2) is 0 Å². The Morgan fingerprint density at radius 1 is 1.36 bits per heavy atom. The molecule has 0 bridgehead atoms. The van der Waals surface area contributed by atoms with Crippen molar-refractivity contribution < 1.29 is 0 Å². The van der Waals surface area contributed by atoms with E-state index in [4.69, 9.17) is 0 Å². The summed E-state index contributed by atoms with van der Waals surface area (Å²) >= 11 is 4.14. The minimum atomic E-state index is 0.676. The molecule has 3 heteroatoms. The van der Waals surface area contributed by atoms with Gasteiger partial charge in [-0.25, -0.2) is 0 Å². The molecule has 62 valence electrons. The van der Waals surface area contributed by atoms with Gasteiger partial charge < -0.3 is 4.90 Å². The highest BCUT2D eigenvalue weighted by Gasteiger charge is 2.31. The van der Waals surface area contributed by atoms with Gasteiger partial charge in [0.05, 0.1) is 15.3 Å². The molecule has 1 saturated heterocycles. The topological polar surface area (TPSA) is 3.24 Å². The summed E-state index contributed by atoms with van der Waals surface area (Å²) in [5.74, 6) is 0. The van der Waals surface area contributed by atoms with E-state index in [0.29, 0.717) is 5.37 Å². The molecule has 0 N–H and O–H groups in total. The maximum Gasteiger partial charge on any atom is 0.0802 e. The molecule has 0 amide bonds. The second-order valence-electron chi connectivity index (χ2n) is 2.96. The van der Waals surface area contributed by atoms with Crippen LogP contribution in [0.1, 0.15) is 20.3 Å². The van der Waals surface area contributed by atoms with Gasteiger partial charge in [-0.2, -0.15) is 0 Å². The molecule has 3 atom stereocenters. The van der Waals surface area contributed by atoms with E-state index in [1.165, 1.54) is 6.42 Å². The Morgan fingerprint density at radius 3 is 3.00 bits per heavy atom. The first-order chi connectivity index (χ1) is 5.27. The maximum atomic E-state index is 2.47. The lowest BCUT2D eigenvalue weighted by Gasteiger charge is -2.38. The molecule has 0 aromatic rings. The molecule has 3 unspecified atom stereocenters. The summed E-state index contributed by atoms with van der Waals surface area (Å²) in [6, 6.07) is 0. The van der Waals surface area contributed by atoms with Crippen LogP contribution in [0, 0.1) is 0 Å². The van der Waals surface area contributed by atoms with Crippen molar-refractivity contribution in [3.05, 3.63) is 12.3 Å². The standard InChI is InChI=1S/C8H13NS2/c1-6-9-5-3-4-8(9)11-7(2)10-6/h3,5-8H,4H2,1-2H3. The lowest BCUT2D eigenvalue weighted by Crippen LogP contribution is -2.36. The number of hydrogen-bond donors (Lipinski definition) is 0. The quantitative estimate of drug-likeness (QED) is 0.574. The van der Waals surface area contributed by atoms with E-state index < -0.39 is 0 Å². The van der Waals surface area contributed by atoms with Crippen LogP contribution in [0.2, 0.25) is 0 Å². The molecule has 0 spiro atoms. The number of hydrogen-bond acceptors (Lipinski definition) is 3. The average Bonchev–Trinajstić information content (AvgIpc) is 2.34. The minimum Gasteiger partial charge on any atom is -0.354 e. The van der Waals surface area contributed by atoms with E-state index in [1.54, 1.807) is 0 Å². The van der Waals surface area contributed by atoms with Crippen LogP contribution < -0.4 is 0 Å². The van der Waals surface area contributed by atoms with Gasteiger partial charge in [-0.15, -0.1) is 23.5 Å². The van der Waals surface area contributed by atoms with Crippen molar-refractivity contribution in [1.29, 1.82) is 0 Å². The summed E-state index contributed by atoms with van der Waals surface area (Å²) in [6.07, 6.45) is 5.77. The zero-order chi connectivity index (χ0) is 7.84. The number of nitrogens with zero attached hydrogens (tertiary/aromatic N) is 1. The van der Waals surface area contributed by atoms with Crippen LogP contribution >= 0.6 is 23.5 Å². The van der Waals surface area contributed by atoms with Crippen molar-refractivity contribution in [2.75, 3.05) is 0 Å². The monoisotopic (exact) mass is 187 g/mol. The highest BCUT2D eigenvalue weighted by molar-refractivity contribution is 8.18. The molecule has 2 rings (SSSR count). The molecule has 2 aliphatic rings. The van der Waals surface area contributed by atoms with E-state index in [0.717, 1.165) is 9.96 Å². The molecule has 0 aromatic heterocycles. The zero-order valence-electron chi connectivity index (χ0n) is 6.86. The van der Waals surface area contributed by atoms with Gasteiger partial charge in [-0.3, -0.25) is 0 Å². The van der Waals surface area contributed by atoms with Gasteiger partial charge in [0, 0.05) is 0 Å². The lowest BCUT2D eigenvalue weighted by atomic mass is 10.5. The molecular weight excluding hydrogens is 174 g/mol. The Labute approximate surface area is 76.6 Å². The summed E-state index contributed by atoms with van der Waals surface area (Å²) in [5.41, 5.74) is 0. The van der Waals surface area contributed by atoms with Gasteiger partial charge in [-0.05, 0) is 26.5 Å². The van der Waals surface area contributed by atoms with Crippen LogP contribution in [0.5, 0.6) is 0 Å². The van der Waals surface area contributed by atoms with Gasteiger partial charge in [0.2, 0.25) is 0 Å². The molecule has 0 saturated carbocycles. The van der Waals surface area contributed by atoms with Crippen LogP contribution in [0.25, 0.3) is 0 Å². The van der Waals surface area contributed by atoms with Gasteiger partial charge in [0.1, 0.15) is 0 Å². The van der Waals surface area contributed by atoms with Crippen LogP contribution in [0.15, 0.2) is 12.3 Å². The molecular formula is C8H13NS2. The van der Waals surface area contributed by atoms with E-state index in [9.17, 15) is 0 Å². The zero-order valence-corrected chi connectivity index (χ0v) is 8.49.